The molecule has 0 unspecified atom stereocenters. The molecule has 2 N–H and O–H groups in total. The molecule has 1 aromatic carbocycles. The average Bonchev–Trinajstić information content (AvgIpc) is 2.56. The normalized spacial score (nSPS) is 18.3. The van der Waals surface area contributed by atoms with Gasteiger partial charge in [-0.05, 0) is 24.3 Å². The summed E-state index contributed by atoms with van der Waals surface area (Å²) in [4.78, 5) is 4.33. The van der Waals surface area contributed by atoms with E-state index in [-0.39, 0.29) is 5.41 Å². The van der Waals surface area contributed by atoms with Crippen molar-refractivity contribution in [3.63, 3.8) is 0 Å². The van der Waals surface area contributed by atoms with Crippen molar-refractivity contribution in [3.05, 3.63) is 35.9 Å². The lowest BCUT2D eigenvalue weighted by molar-refractivity contribution is 0.0514. The Hall–Kier alpha value is -1.55. The van der Waals surface area contributed by atoms with Gasteiger partial charge in [0.15, 0.2) is 5.96 Å². The Morgan fingerprint density at radius 2 is 1.86 bits per heavy atom. The van der Waals surface area contributed by atoms with Crippen molar-refractivity contribution in [2.45, 2.75) is 32.1 Å². The van der Waals surface area contributed by atoms with E-state index in [1.165, 1.54) is 5.56 Å². The Morgan fingerprint density at radius 3 is 2.45 bits per heavy atom. The second-order valence-electron chi connectivity index (χ2n) is 6.46. The zero-order valence-electron chi connectivity index (χ0n) is 14.1. The third-order valence-corrected chi connectivity index (χ3v) is 4.33. The van der Waals surface area contributed by atoms with Crippen LogP contribution in [0.3, 0.4) is 0 Å². The predicted octanol–water partition coefficient (Wildman–Crippen LogP) is 2.56. The minimum absolute atomic E-state index is 0.134. The third-order valence-electron chi connectivity index (χ3n) is 4.33. The van der Waals surface area contributed by atoms with E-state index < -0.39 is 0 Å². The lowest BCUT2D eigenvalue weighted by Crippen LogP contribution is -2.48. The maximum Gasteiger partial charge on any atom is 0.191 e. The van der Waals surface area contributed by atoms with Gasteiger partial charge in [0.05, 0.1) is 0 Å². The van der Waals surface area contributed by atoms with Crippen molar-refractivity contribution in [2.75, 3.05) is 33.4 Å². The van der Waals surface area contributed by atoms with Gasteiger partial charge >= 0.3 is 0 Å². The van der Waals surface area contributed by atoms with Crippen molar-refractivity contribution in [1.82, 2.24) is 10.6 Å². The van der Waals surface area contributed by atoms with E-state index in [0.29, 0.717) is 5.92 Å². The van der Waals surface area contributed by atoms with Crippen molar-refractivity contribution in [3.8, 4) is 0 Å². The number of benzene rings is 1. The Morgan fingerprint density at radius 1 is 1.18 bits per heavy atom. The number of nitrogens with one attached hydrogen (secondary N) is 2. The van der Waals surface area contributed by atoms with Crippen LogP contribution in [0.4, 0.5) is 0 Å². The lowest BCUT2D eigenvalue weighted by Gasteiger charge is -2.38. The molecule has 122 valence electrons. The molecule has 0 bridgehead atoms. The standard InChI is InChI=1S/C18H29N3O/c1-15(2)13-20-17(19-3)21-14-18(9-11-22-12-10-18)16-7-5-4-6-8-16/h4-8,15H,9-14H2,1-3H3,(H2,19,20,21). The third kappa shape index (κ3) is 4.47. The van der Waals surface area contributed by atoms with E-state index >= 15 is 0 Å². The average molecular weight is 303 g/mol. The van der Waals surface area contributed by atoms with Gasteiger partial charge in [0, 0.05) is 38.8 Å². The van der Waals surface area contributed by atoms with E-state index in [2.05, 4.69) is 59.8 Å². The Bertz CT molecular complexity index is 464. The molecule has 22 heavy (non-hydrogen) atoms. The maximum atomic E-state index is 5.58. The van der Waals surface area contributed by atoms with Gasteiger partial charge in [-0.25, -0.2) is 0 Å². The van der Waals surface area contributed by atoms with Crippen LogP contribution in [0.15, 0.2) is 35.3 Å². The second-order valence-corrected chi connectivity index (χ2v) is 6.46. The summed E-state index contributed by atoms with van der Waals surface area (Å²) >= 11 is 0. The van der Waals surface area contributed by atoms with Crippen LogP contribution in [0.1, 0.15) is 32.3 Å². The van der Waals surface area contributed by atoms with Crippen molar-refractivity contribution in [2.24, 2.45) is 10.9 Å². The Kier molecular flexibility index (Phi) is 6.25. The number of hydrogen-bond acceptors (Lipinski definition) is 2. The van der Waals surface area contributed by atoms with Crippen molar-refractivity contribution >= 4 is 5.96 Å². The van der Waals surface area contributed by atoms with Gasteiger partial charge in [0.1, 0.15) is 0 Å². The zero-order valence-corrected chi connectivity index (χ0v) is 14.1. The largest absolute Gasteiger partial charge is 0.381 e. The molecule has 0 spiro atoms. The molecule has 0 amide bonds. The zero-order chi connectivity index (χ0) is 15.8. The summed E-state index contributed by atoms with van der Waals surface area (Å²) in [5.41, 5.74) is 1.53. The highest BCUT2D eigenvalue weighted by Crippen LogP contribution is 2.34. The van der Waals surface area contributed by atoms with Crippen LogP contribution in [-0.4, -0.2) is 39.3 Å². The summed E-state index contributed by atoms with van der Waals surface area (Å²) in [5, 5.41) is 6.90. The van der Waals surface area contributed by atoms with E-state index in [1.54, 1.807) is 0 Å². The second kappa shape index (κ2) is 8.18. The number of rotatable bonds is 5. The molecule has 1 aromatic rings. The molecule has 1 aliphatic rings. The Balaban J connectivity index is 2.04. The molecule has 0 atom stereocenters. The predicted molar refractivity (Wildman–Crippen MR) is 92.4 cm³/mol. The summed E-state index contributed by atoms with van der Waals surface area (Å²) in [6.45, 7) is 7.87. The highest BCUT2D eigenvalue weighted by Gasteiger charge is 2.34. The monoisotopic (exact) mass is 303 g/mol. The van der Waals surface area contributed by atoms with Crippen LogP contribution in [-0.2, 0) is 10.2 Å². The maximum absolute atomic E-state index is 5.58. The molecule has 0 radical (unpaired) electrons. The van der Waals surface area contributed by atoms with Gasteiger partial charge in [0.2, 0.25) is 0 Å². The van der Waals surface area contributed by atoms with E-state index in [4.69, 9.17) is 4.74 Å². The van der Waals surface area contributed by atoms with Gasteiger partial charge in [-0.2, -0.15) is 0 Å². The summed E-state index contributed by atoms with van der Waals surface area (Å²) in [6, 6.07) is 10.8. The summed E-state index contributed by atoms with van der Waals surface area (Å²) in [5.74, 6) is 1.49. The van der Waals surface area contributed by atoms with Gasteiger partial charge in [-0.15, -0.1) is 0 Å². The smallest absolute Gasteiger partial charge is 0.191 e. The summed E-state index contributed by atoms with van der Waals surface area (Å²) < 4.78 is 5.58. The van der Waals surface area contributed by atoms with Gasteiger partial charge in [0.25, 0.3) is 0 Å². The molecule has 1 heterocycles. The van der Waals surface area contributed by atoms with Crippen LogP contribution in [0, 0.1) is 5.92 Å². The van der Waals surface area contributed by atoms with Crippen LogP contribution in [0.5, 0.6) is 0 Å². The quantitative estimate of drug-likeness (QED) is 0.649. The first-order valence-electron chi connectivity index (χ1n) is 8.24. The summed E-state index contributed by atoms with van der Waals surface area (Å²) in [7, 11) is 1.83. The molecule has 1 saturated heterocycles. The van der Waals surface area contributed by atoms with Gasteiger partial charge < -0.3 is 15.4 Å². The molecule has 4 heteroatoms. The molecule has 1 aliphatic heterocycles. The summed E-state index contributed by atoms with van der Waals surface area (Å²) in [6.07, 6.45) is 2.09. The van der Waals surface area contributed by atoms with Crippen LogP contribution in [0.25, 0.3) is 0 Å². The van der Waals surface area contributed by atoms with Gasteiger partial charge in [-0.3, -0.25) is 4.99 Å². The highest BCUT2D eigenvalue weighted by atomic mass is 16.5. The molecule has 0 saturated carbocycles. The number of ether oxygens (including phenoxy) is 1. The number of nitrogens with zero attached hydrogens (tertiary/aromatic N) is 1. The van der Waals surface area contributed by atoms with Crippen LogP contribution >= 0.6 is 0 Å². The molecular weight excluding hydrogens is 274 g/mol. The van der Waals surface area contributed by atoms with Gasteiger partial charge in [-0.1, -0.05) is 44.2 Å². The first-order chi connectivity index (χ1) is 10.7. The number of hydrogen-bond donors (Lipinski definition) is 2. The first-order valence-corrected chi connectivity index (χ1v) is 8.24. The van der Waals surface area contributed by atoms with E-state index in [9.17, 15) is 0 Å². The van der Waals surface area contributed by atoms with Crippen molar-refractivity contribution < 1.29 is 4.74 Å². The lowest BCUT2D eigenvalue weighted by atomic mass is 9.74. The number of aliphatic imine (C=N–C) groups is 1. The van der Waals surface area contributed by atoms with Crippen LogP contribution in [0.2, 0.25) is 0 Å². The fourth-order valence-corrected chi connectivity index (χ4v) is 2.90. The molecular formula is C18H29N3O. The van der Waals surface area contributed by atoms with Crippen molar-refractivity contribution in [1.29, 1.82) is 0 Å². The number of guanidine groups is 1. The minimum Gasteiger partial charge on any atom is -0.381 e. The fraction of sp³-hybridized carbons (Fsp3) is 0.611. The minimum atomic E-state index is 0.134. The van der Waals surface area contributed by atoms with Crippen LogP contribution < -0.4 is 10.6 Å². The van der Waals surface area contributed by atoms with E-state index in [0.717, 1.165) is 45.1 Å². The Labute approximate surface area is 134 Å². The first kappa shape index (κ1) is 16.8. The highest BCUT2D eigenvalue weighted by molar-refractivity contribution is 5.79. The molecule has 1 fully saturated rings. The molecule has 2 rings (SSSR count). The van der Waals surface area contributed by atoms with E-state index in [1.807, 2.05) is 7.05 Å². The molecule has 0 aromatic heterocycles. The molecule has 4 nitrogen and oxygen atoms in total. The fourth-order valence-electron chi connectivity index (χ4n) is 2.90. The SMILES string of the molecule is CN=C(NCC(C)C)NCC1(c2ccccc2)CCOCC1. The topological polar surface area (TPSA) is 45.7 Å². The molecule has 0 aliphatic carbocycles.